The van der Waals surface area contributed by atoms with Crippen LogP contribution < -0.4 is 0 Å². The molecule has 0 aromatic rings. The second-order valence-electron chi connectivity index (χ2n) is 4.09. The van der Waals surface area contributed by atoms with Gasteiger partial charge < -0.3 is 9.47 Å². The standard InChI is InChI=1S/C11H18O4/c1-7(12)6-9-4-5-10(15-9)8(2)11(13)14-3/h8-10H,4-6H2,1-3H3/t8-,9+,10-/m0/s1. The first-order valence-electron chi connectivity index (χ1n) is 5.27. The highest BCUT2D eigenvalue weighted by molar-refractivity contribution is 5.76. The van der Waals surface area contributed by atoms with Gasteiger partial charge in [-0.25, -0.2) is 0 Å². The molecule has 0 N–H and O–H groups in total. The zero-order valence-corrected chi connectivity index (χ0v) is 9.49. The Morgan fingerprint density at radius 2 is 2.13 bits per heavy atom. The summed E-state index contributed by atoms with van der Waals surface area (Å²) in [5.74, 6) is -0.359. The number of ketones is 1. The van der Waals surface area contributed by atoms with Crippen molar-refractivity contribution in [2.45, 2.75) is 45.3 Å². The molecule has 1 aliphatic heterocycles. The van der Waals surface area contributed by atoms with E-state index in [9.17, 15) is 9.59 Å². The molecule has 1 rings (SSSR count). The van der Waals surface area contributed by atoms with Crippen LogP contribution in [0.25, 0.3) is 0 Å². The summed E-state index contributed by atoms with van der Waals surface area (Å²) in [7, 11) is 1.38. The molecule has 1 aliphatic rings. The molecule has 4 heteroatoms. The van der Waals surface area contributed by atoms with Gasteiger partial charge in [-0.05, 0) is 26.7 Å². The molecule has 86 valence electrons. The average Bonchev–Trinajstić information content (AvgIpc) is 2.63. The van der Waals surface area contributed by atoms with Crippen molar-refractivity contribution in [3.05, 3.63) is 0 Å². The maximum absolute atomic E-state index is 11.3. The lowest BCUT2D eigenvalue weighted by Gasteiger charge is -2.17. The Morgan fingerprint density at radius 3 is 2.67 bits per heavy atom. The molecule has 0 radical (unpaired) electrons. The molecular weight excluding hydrogens is 196 g/mol. The van der Waals surface area contributed by atoms with Crippen molar-refractivity contribution in [1.82, 2.24) is 0 Å². The van der Waals surface area contributed by atoms with Crippen LogP contribution in [0.15, 0.2) is 0 Å². The maximum Gasteiger partial charge on any atom is 0.311 e. The van der Waals surface area contributed by atoms with Crippen molar-refractivity contribution in [2.24, 2.45) is 5.92 Å². The van der Waals surface area contributed by atoms with Crippen LogP contribution in [-0.2, 0) is 19.1 Å². The molecule has 0 saturated carbocycles. The van der Waals surface area contributed by atoms with E-state index < -0.39 is 0 Å². The fourth-order valence-corrected chi connectivity index (χ4v) is 1.91. The van der Waals surface area contributed by atoms with E-state index in [1.165, 1.54) is 7.11 Å². The minimum Gasteiger partial charge on any atom is -0.469 e. The third-order valence-electron chi connectivity index (χ3n) is 2.79. The summed E-state index contributed by atoms with van der Waals surface area (Å²) in [6.45, 7) is 3.35. The third-order valence-corrected chi connectivity index (χ3v) is 2.79. The third kappa shape index (κ3) is 3.30. The van der Waals surface area contributed by atoms with Crippen LogP contribution in [0.2, 0.25) is 0 Å². The van der Waals surface area contributed by atoms with Crippen LogP contribution in [0, 0.1) is 5.92 Å². The highest BCUT2D eigenvalue weighted by Crippen LogP contribution is 2.27. The predicted molar refractivity (Wildman–Crippen MR) is 54.4 cm³/mol. The summed E-state index contributed by atoms with van der Waals surface area (Å²) in [5.41, 5.74) is 0. The van der Waals surface area contributed by atoms with Crippen molar-refractivity contribution in [2.75, 3.05) is 7.11 Å². The molecule has 0 aliphatic carbocycles. The van der Waals surface area contributed by atoms with Crippen LogP contribution in [0.4, 0.5) is 0 Å². The average molecular weight is 214 g/mol. The zero-order valence-electron chi connectivity index (χ0n) is 9.49. The Hall–Kier alpha value is -0.900. The number of carbonyl (C=O) groups is 2. The Morgan fingerprint density at radius 1 is 1.47 bits per heavy atom. The second kappa shape index (κ2) is 5.26. The molecule has 3 atom stereocenters. The van der Waals surface area contributed by atoms with E-state index >= 15 is 0 Å². The number of rotatable bonds is 4. The molecule has 0 amide bonds. The van der Waals surface area contributed by atoms with Gasteiger partial charge in [0.2, 0.25) is 0 Å². The fraction of sp³-hybridized carbons (Fsp3) is 0.818. The van der Waals surface area contributed by atoms with Gasteiger partial charge in [0.05, 0.1) is 25.2 Å². The summed E-state index contributed by atoms with van der Waals surface area (Å²) in [4.78, 5) is 22.2. The molecular formula is C11H18O4. The number of esters is 1. The highest BCUT2D eigenvalue weighted by Gasteiger charge is 2.33. The number of methoxy groups -OCH3 is 1. The van der Waals surface area contributed by atoms with Crippen LogP contribution in [0.1, 0.15) is 33.1 Å². The largest absolute Gasteiger partial charge is 0.469 e. The van der Waals surface area contributed by atoms with E-state index in [0.717, 1.165) is 12.8 Å². The zero-order chi connectivity index (χ0) is 11.4. The second-order valence-corrected chi connectivity index (χ2v) is 4.09. The Labute approximate surface area is 89.9 Å². The SMILES string of the molecule is COC(=O)[C@@H](C)[C@@H]1CC[C@H](CC(C)=O)O1. The lowest BCUT2D eigenvalue weighted by Crippen LogP contribution is -2.27. The van der Waals surface area contributed by atoms with Gasteiger partial charge in [0.1, 0.15) is 5.78 Å². The molecule has 4 nitrogen and oxygen atoms in total. The van der Waals surface area contributed by atoms with Gasteiger partial charge in [-0.1, -0.05) is 0 Å². The number of carbonyl (C=O) groups excluding carboxylic acids is 2. The molecule has 1 saturated heterocycles. The maximum atomic E-state index is 11.3. The number of hydrogen-bond acceptors (Lipinski definition) is 4. The van der Waals surface area contributed by atoms with Gasteiger partial charge in [-0.3, -0.25) is 9.59 Å². The Bertz CT molecular complexity index is 249. The summed E-state index contributed by atoms with van der Waals surface area (Å²) < 4.78 is 10.3. The smallest absolute Gasteiger partial charge is 0.311 e. The summed E-state index contributed by atoms with van der Waals surface area (Å²) in [6, 6.07) is 0. The fourth-order valence-electron chi connectivity index (χ4n) is 1.91. The van der Waals surface area contributed by atoms with E-state index in [-0.39, 0.29) is 29.9 Å². The van der Waals surface area contributed by atoms with Gasteiger partial charge in [0, 0.05) is 6.42 Å². The van der Waals surface area contributed by atoms with Crippen molar-refractivity contribution in [1.29, 1.82) is 0 Å². The summed E-state index contributed by atoms with van der Waals surface area (Å²) in [6.07, 6.45) is 2.02. The minimum absolute atomic E-state index is 0.0143. The monoisotopic (exact) mass is 214 g/mol. The van der Waals surface area contributed by atoms with Gasteiger partial charge in [-0.2, -0.15) is 0 Å². The van der Waals surface area contributed by atoms with Crippen LogP contribution in [0.5, 0.6) is 0 Å². The van der Waals surface area contributed by atoms with Crippen molar-refractivity contribution in [3.63, 3.8) is 0 Å². The van der Waals surface area contributed by atoms with E-state index in [4.69, 9.17) is 4.74 Å². The number of hydrogen-bond donors (Lipinski definition) is 0. The Balaban J connectivity index is 2.41. The Kier molecular flexibility index (Phi) is 4.27. The molecule has 0 aromatic carbocycles. The van der Waals surface area contributed by atoms with Crippen molar-refractivity contribution >= 4 is 11.8 Å². The van der Waals surface area contributed by atoms with Gasteiger partial charge >= 0.3 is 5.97 Å². The molecule has 15 heavy (non-hydrogen) atoms. The van der Waals surface area contributed by atoms with E-state index in [0.29, 0.717) is 6.42 Å². The van der Waals surface area contributed by atoms with Crippen LogP contribution >= 0.6 is 0 Å². The van der Waals surface area contributed by atoms with E-state index in [1.807, 2.05) is 0 Å². The first-order chi connectivity index (χ1) is 7.04. The normalized spacial score (nSPS) is 27.4. The van der Waals surface area contributed by atoms with Crippen molar-refractivity contribution in [3.8, 4) is 0 Å². The molecule has 0 unspecified atom stereocenters. The molecule has 0 aromatic heterocycles. The topological polar surface area (TPSA) is 52.6 Å². The first kappa shape index (κ1) is 12.2. The molecule has 0 bridgehead atoms. The van der Waals surface area contributed by atoms with E-state index in [2.05, 4.69) is 4.74 Å². The lowest BCUT2D eigenvalue weighted by atomic mass is 10.0. The molecule has 1 heterocycles. The van der Waals surface area contributed by atoms with Gasteiger partial charge in [0.15, 0.2) is 0 Å². The van der Waals surface area contributed by atoms with Crippen LogP contribution in [0.3, 0.4) is 0 Å². The predicted octanol–water partition coefficient (Wildman–Crippen LogP) is 1.32. The van der Waals surface area contributed by atoms with E-state index in [1.54, 1.807) is 13.8 Å². The molecule has 0 spiro atoms. The lowest BCUT2D eigenvalue weighted by molar-refractivity contribution is -0.149. The van der Waals surface area contributed by atoms with Crippen LogP contribution in [-0.4, -0.2) is 31.1 Å². The minimum atomic E-state index is -0.247. The van der Waals surface area contributed by atoms with Gasteiger partial charge in [-0.15, -0.1) is 0 Å². The van der Waals surface area contributed by atoms with Crippen molar-refractivity contribution < 1.29 is 19.1 Å². The highest BCUT2D eigenvalue weighted by atomic mass is 16.5. The molecule has 1 fully saturated rings. The summed E-state index contributed by atoms with van der Waals surface area (Å²) >= 11 is 0. The number of Topliss-reactive ketones (excluding diaryl/α,β-unsaturated/α-hetero) is 1. The van der Waals surface area contributed by atoms with Gasteiger partial charge in [0.25, 0.3) is 0 Å². The number of ether oxygens (including phenoxy) is 2. The first-order valence-corrected chi connectivity index (χ1v) is 5.27. The quantitative estimate of drug-likeness (QED) is 0.662. The summed E-state index contributed by atoms with van der Waals surface area (Å²) in [5, 5.41) is 0.